The van der Waals surface area contributed by atoms with Crippen LogP contribution < -0.4 is 0 Å². The van der Waals surface area contributed by atoms with Crippen molar-refractivity contribution in [3.8, 4) is 0 Å². The van der Waals surface area contributed by atoms with Gasteiger partial charge in [-0.15, -0.1) is 0 Å². The monoisotopic (exact) mass is 331 g/mol. The van der Waals surface area contributed by atoms with E-state index < -0.39 is 11.7 Å². The number of oxazole rings is 1. The summed E-state index contributed by atoms with van der Waals surface area (Å²) in [6.45, 7) is 2.25. The quantitative estimate of drug-likeness (QED) is 0.845. The average Bonchev–Trinajstić information content (AvgIpc) is 3.05. The number of carbonyl (C=O) groups excluding carboxylic acids is 1. The van der Waals surface area contributed by atoms with Gasteiger partial charge >= 0.3 is 0 Å². The highest BCUT2D eigenvalue weighted by Gasteiger charge is 2.30. The first-order valence-electron chi connectivity index (χ1n) is 8.18. The summed E-state index contributed by atoms with van der Waals surface area (Å²) in [6.07, 6.45) is 3.82. The SMILES string of the molecule is O=C(c1ncccc1F)N1CCc2oc(C3CCOCC3)nc2C1. The van der Waals surface area contributed by atoms with E-state index in [9.17, 15) is 9.18 Å². The van der Waals surface area contributed by atoms with E-state index in [1.165, 1.54) is 18.3 Å². The van der Waals surface area contributed by atoms with Crippen molar-refractivity contribution in [1.29, 1.82) is 0 Å². The molecule has 0 spiro atoms. The van der Waals surface area contributed by atoms with Gasteiger partial charge in [0.15, 0.2) is 17.4 Å². The van der Waals surface area contributed by atoms with Crippen molar-refractivity contribution >= 4 is 5.91 Å². The first-order valence-corrected chi connectivity index (χ1v) is 8.18. The van der Waals surface area contributed by atoms with E-state index in [4.69, 9.17) is 9.15 Å². The minimum Gasteiger partial charge on any atom is -0.445 e. The van der Waals surface area contributed by atoms with Crippen LogP contribution in [-0.2, 0) is 17.7 Å². The summed E-state index contributed by atoms with van der Waals surface area (Å²) in [6, 6.07) is 2.72. The van der Waals surface area contributed by atoms with Gasteiger partial charge in [0.1, 0.15) is 11.5 Å². The van der Waals surface area contributed by atoms with Gasteiger partial charge in [0.25, 0.3) is 5.91 Å². The number of halogens is 1. The highest BCUT2D eigenvalue weighted by Crippen LogP contribution is 2.30. The molecule has 4 rings (SSSR count). The molecule has 7 heteroatoms. The Hall–Kier alpha value is -2.28. The van der Waals surface area contributed by atoms with Crippen molar-refractivity contribution in [1.82, 2.24) is 14.9 Å². The van der Waals surface area contributed by atoms with Crippen molar-refractivity contribution in [2.75, 3.05) is 19.8 Å². The van der Waals surface area contributed by atoms with Crippen molar-refractivity contribution < 1.29 is 18.3 Å². The molecule has 4 heterocycles. The molecule has 2 aromatic heterocycles. The number of fused-ring (bicyclic) bond motifs is 1. The third-order valence-corrected chi connectivity index (χ3v) is 4.56. The Morgan fingerprint density at radius 2 is 2.17 bits per heavy atom. The number of hydrogen-bond acceptors (Lipinski definition) is 5. The lowest BCUT2D eigenvalue weighted by Crippen LogP contribution is -2.36. The molecule has 0 bridgehead atoms. The predicted molar refractivity (Wildman–Crippen MR) is 81.9 cm³/mol. The van der Waals surface area contributed by atoms with E-state index in [1.54, 1.807) is 4.90 Å². The summed E-state index contributed by atoms with van der Waals surface area (Å²) < 4.78 is 25.1. The molecule has 0 radical (unpaired) electrons. The number of amides is 1. The smallest absolute Gasteiger partial charge is 0.275 e. The van der Waals surface area contributed by atoms with Gasteiger partial charge in [-0.2, -0.15) is 0 Å². The Labute approximate surface area is 138 Å². The van der Waals surface area contributed by atoms with Crippen LogP contribution in [0.3, 0.4) is 0 Å². The molecule has 0 saturated carbocycles. The first kappa shape index (κ1) is 15.3. The Morgan fingerprint density at radius 3 is 2.96 bits per heavy atom. The maximum Gasteiger partial charge on any atom is 0.275 e. The zero-order valence-electron chi connectivity index (χ0n) is 13.2. The standard InChI is InChI=1S/C17H18FN3O3/c18-12-2-1-6-19-15(12)17(22)21-7-3-14-13(10-21)20-16(24-14)11-4-8-23-9-5-11/h1-2,6,11H,3-5,7-10H2. The minimum absolute atomic E-state index is 0.144. The van der Waals surface area contributed by atoms with E-state index in [0.29, 0.717) is 19.5 Å². The molecule has 1 saturated heterocycles. The van der Waals surface area contributed by atoms with Gasteiger partial charge < -0.3 is 14.1 Å². The fourth-order valence-corrected chi connectivity index (χ4v) is 3.20. The lowest BCUT2D eigenvalue weighted by molar-refractivity contribution is 0.0715. The number of rotatable bonds is 2. The lowest BCUT2D eigenvalue weighted by Gasteiger charge is -2.25. The van der Waals surface area contributed by atoms with Crippen LogP contribution in [-0.4, -0.2) is 40.5 Å². The van der Waals surface area contributed by atoms with Crippen LogP contribution in [0.2, 0.25) is 0 Å². The van der Waals surface area contributed by atoms with Crippen molar-refractivity contribution in [3.05, 3.63) is 47.2 Å². The summed E-state index contributed by atoms with van der Waals surface area (Å²) >= 11 is 0. The summed E-state index contributed by atoms with van der Waals surface area (Å²) in [4.78, 5) is 22.5. The molecule has 1 amide bonds. The zero-order chi connectivity index (χ0) is 16.5. The number of ether oxygens (including phenoxy) is 1. The molecule has 2 aliphatic rings. The molecule has 126 valence electrons. The molecule has 0 unspecified atom stereocenters. The summed E-state index contributed by atoms with van der Waals surface area (Å²) in [7, 11) is 0. The van der Waals surface area contributed by atoms with E-state index in [1.807, 2.05) is 0 Å². The number of carbonyl (C=O) groups is 1. The van der Waals surface area contributed by atoms with Crippen molar-refractivity contribution in [2.45, 2.75) is 31.7 Å². The fraction of sp³-hybridized carbons (Fsp3) is 0.471. The molecular weight excluding hydrogens is 313 g/mol. The van der Waals surface area contributed by atoms with E-state index in [-0.39, 0.29) is 11.6 Å². The van der Waals surface area contributed by atoms with E-state index in [0.717, 1.165) is 43.4 Å². The largest absolute Gasteiger partial charge is 0.445 e. The Kier molecular flexibility index (Phi) is 4.02. The van der Waals surface area contributed by atoms with E-state index in [2.05, 4.69) is 9.97 Å². The second-order valence-electron chi connectivity index (χ2n) is 6.12. The second kappa shape index (κ2) is 6.32. The highest BCUT2D eigenvalue weighted by molar-refractivity contribution is 5.92. The summed E-state index contributed by atoms with van der Waals surface area (Å²) in [5.41, 5.74) is 0.626. The first-order chi connectivity index (χ1) is 11.7. The second-order valence-corrected chi connectivity index (χ2v) is 6.12. The van der Waals surface area contributed by atoms with Crippen LogP contribution in [0, 0.1) is 5.82 Å². The molecule has 0 atom stereocenters. The fourth-order valence-electron chi connectivity index (χ4n) is 3.20. The van der Waals surface area contributed by atoms with Gasteiger partial charge in [-0.1, -0.05) is 0 Å². The molecule has 0 N–H and O–H groups in total. The molecule has 0 aliphatic carbocycles. The van der Waals surface area contributed by atoms with Crippen molar-refractivity contribution in [3.63, 3.8) is 0 Å². The molecule has 2 aliphatic heterocycles. The number of aromatic nitrogens is 2. The molecule has 2 aromatic rings. The molecule has 24 heavy (non-hydrogen) atoms. The van der Waals surface area contributed by atoms with Crippen LogP contribution in [0.4, 0.5) is 4.39 Å². The Balaban J connectivity index is 1.52. The maximum absolute atomic E-state index is 13.8. The van der Waals surface area contributed by atoms with Gasteiger partial charge in [0.2, 0.25) is 0 Å². The maximum atomic E-state index is 13.8. The van der Waals surface area contributed by atoms with Gasteiger partial charge in [-0.25, -0.2) is 14.4 Å². The van der Waals surface area contributed by atoms with Gasteiger partial charge in [-0.3, -0.25) is 4.79 Å². The molecule has 0 aromatic carbocycles. The van der Waals surface area contributed by atoms with Crippen LogP contribution in [0.1, 0.15) is 46.6 Å². The molecule has 6 nitrogen and oxygen atoms in total. The number of nitrogens with zero attached hydrogens (tertiary/aromatic N) is 3. The molecular formula is C17H18FN3O3. The van der Waals surface area contributed by atoms with E-state index >= 15 is 0 Å². The van der Waals surface area contributed by atoms with Gasteiger partial charge in [0, 0.05) is 38.3 Å². The van der Waals surface area contributed by atoms with Crippen LogP contribution in [0.5, 0.6) is 0 Å². The van der Waals surface area contributed by atoms with Crippen LogP contribution in [0.15, 0.2) is 22.7 Å². The minimum atomic E-state index is -0.601. The van der Waals surface area contributed by atoms with Crippen molar-refractivity contribution in [2.24, 2.45) is 0 Å². The zero-order valence-corrected chi connectivity index (χ0v) is 13.2. The highest BCUT2D eigenvalue weighted by atomic mass is 19.1. The third kappa shape index (κ3) is 2.80. The summed E-state index contributed by atoms with van der Waals surface area (Å²) in [5.74, 6) is 0.844. The Morgan fingerprint density at radius 1 is 1.33 bits per heavy atom. The third-order valence-electron chi connectivity index (χ3n) is 4.56. The number of pyridine rings is 1. The van der Waals surface area contributed by atoms with Crippen LogP contribution in [0.25, 0.3) is 0 Å². The van der Waals surface area contributed by atoms with Gasteiger partial charge in [-0.05, 0) is 25.0 Å². The Bertz CT molecular complexity index is 755. The van der Waals surface area contributed by atoms with Gasteiger partial charge in [0.05, 0.1) is 6.54 Å². The molecule has 1 fully saturated rings. The topological polar surface area (TPSA) is 68.5 Å². The lowest BCUT2D eigenvalue weighted by atomic mass is 10.0. The average molecular weight is 331 g/mol. The predicted octanol–water partition coefficient (Wildman–Crippen LogP) is 2.30. The van der Waals surface area contributed by atoms with Crippen LogP contribution >= 0.6 is 0 Å². The normalized spacial score (nSPS) is 18.5. The number of hydrogen-bond donors (Lipinski definition) is 0. The summed E-state index contributed by atoms with van der Waals surface area (Å²) in [5, 5.41) is 0.